The Balaban J connectivity index is 2.25. The number of aliphatic carboxylic acids is 1. The minimum atomic E-state index is -0.793. The predicted molar refractivity (Wildman–Crippen MR) is 57.4 cm³/mol. The number of hydrogen-bond acceptors (Lipinski definition) is 3. The van der Waals surface area contributed by atoms with Crippen LogP contribution in [0.3, 0.4) is 0 Å². The summed E-state index contributed by atoms with van der Waals surface area (Å²) in [6, 6.07) is 3.93. The molecule has 4 heteroatoms. The summed E-state index contributed by atoms with van der Waals surface area (Å²) >= 11 is 0. The zero-order chi connectivity index (χ0) is 11.5. The average Bonchev–Trinajstić information content (AvgIpc) is 2.71. The molecule has 0 atom stereocenters. The summed E-state index contributed by atoms with van der Waals surface area (Å²) in [6.45, 7) is 1.23. The van der Waals surface area contributed by atoms with Gasteiger partial charge < -0.3 is 14.6 Å². The zero-order valence-electron chi connectivity index (χ0n) is 9.16. The third-order valence-electron chi connectivity index (χ3n) is 2.73. The molecule has 0 spiro atoms. The molecule has 0 bridgehead atoms. The summed E-state index contributed by atoms with van der Waals surface area (Å²) in [7, 11) is 1.60. The highest BCUT2D eigenvalue weighted by Gasteiger charge is 2.15. The van der Waals surface area contributed by atoms with Crippen molar-refractivity contribution in [2.45, 2.75) is 26.1 Å². The van der Waals surface area contributed by atoms with E-state index in [1.165, 1.54) is 0 Å². The van der Waals surface area contributed by atoms with Crippen molar-refractivity contribution in [2.24, 2.45) is 0 Å². The van der Waals surface area contributed by atoms with Crippen LogP contribution in [0.5, 0.6) is 5.75 Å². The van der Waals surface area contributed by atoms with E-state index < -0.39 is 5.97 Å². The lowest BCUT2D eigenvalue weighted by Crippen LogP contribution is -2.01. The fourth-order valence-electron chi connectivity index (χ4n) is 1.88. The molecule has 0 aromatic heterocycles. The van der Waals surface area contributed by atoms with Crippen LogP contribution in [0.2, 0.25) is 0 Å². The lowest BCUT2D eigenvalue weighted by Gasteiger charge is -2.09. The molecule has 1 heterocycles. The first-order valence-corrected chi connectivity index (χ1v) is 5.19. The van der Waals surface area contributed by atoms with E-state index in [-0.39, 0.29) is 6.42 Å². The molecule has 1 N–H and O–H groups in total. The van der Waals surface area contributed by atoms with Crippen LogP contribution in [0.25, 0.3) is 0 Å². The van der Waals surface area contributed by atoms with Gasteiger partial charge in [0.2, 0.25) is 0 Å². The molecule has 1 aliphatic heterocycles. The highest BCUT2D eigenvalue weighted by Crippen LogP contribution is 2.29. The maximum Gasteiger partial charge on any atom is 0.303 e. The Morgan fingerprint density at radius 1 is 1.44 bits per heavy atom. The first kappa shape index (κ1) is 11.0. The second kappa shape index (κ2) is 4.53. The number of methoxy groups -OCH3 is 1. The van der Waals surface area contributed by atoms with Gasteiger partial charge in [-0.15, -0.1) is 0 Å². The van der Waals surface area contributed by atoms with Crippen molar-refractivity contribution in [3.63, 3.8) is 0 Å². The Labute approximate surface area is 93.8 Å². The maximum absolute atomic E-state index is 10.5. The smallest absolute Gasteiger partial charge is 0.303 e. The van der Waals surface area contributed by atoms with Crippen LogP contribution in [-0.4, -0.2) is 18.2 Å². The number of benzene rings is 1. The first-order chi connectivity index (χ1) is 7.70. The molecule has 4 nitrogen and oxygen atoms in total. The van der Waals surface area contributed by atoms with Crippen LogP contribution in [0.15, 0.2) is 12.1 Å². The van der Waals surface area contributed by atoms with Gasteiger partial charge in [0.25, 0.3) is 0 Å². The zero-order valence-corrected chi connectivity index (χ0v) is 9.16. The van der Waals surface area contributed by atoms with Crippen LogP contribution >= 0.6 is 0 Å². The van der Waals surface area contributed by atoms with Gasteiger partial charge in [-0.1, -0.05) is 0 Å². The predicted octanol–water partition coefficient (Wildman–Crippen LogP) is 1.74. The van der Waals surface area contributed by atoms with Crippen LogP contribution in [0.4, 0.5) is 0 Å². The van der Waals surface area contributed by atoms with Gasteiger partial charge in [-0.05, 0) is 35.2 Å². The minimum absolute atomic E-state index is 0.121. The van der Waals surface area contributed by atoms with Crippen molar-refractivity contribution in [3.05, 3.63) is 28.8 Å². The van der Waals surface area contributed by atoms with E-state index in [9.17, 15) is 4.79 Å². The molecule has 0 aliphatic carbocycles. The molecule has 0 radical (unpaired) electrons. The molecule has 0 unspecified atom stereocenters. The summed E-state index contributed by atoms with van der Waals surface area (Å²) in [5, 5.41) is 8.67. The van der Waals surface area contributed by atoms with Gasteiger partial charge in [-0.25, -0.2) is 0 Å². The maximum atomic E-state index is 10.5. The molecule has 0 saturated carbocycles. The van der Waals surface area contributed by atoms with Gasteiger partial charge in [0.1, 0.15) is 5.75 Å². The number of carbonyl (C=O) groups is 1. The lowest BCUT2D eigenvalue weighted by molar-refractivity contribution is -0.136. The van der Waals surface area contributed by atoms with Crippen molar-refractivity contribution in [3.8, 4) is 5.75 Å². The molecule has 2 rings (SSSR count). The molecule has 86 valence electrons. The number of ether oxygens (including phenoxy) is 2. The van der Waals surface area contributed by atoms with E-state index in [1.54, 1.807) is 7.11 Å². The number of aryl methyl sites for hydroxylation is 1. The van der Waals surface area contributed by atoms with Crippen LogP contribution in [-0.2, 0) is 29.2 Å². The second-order valence-electron chi connectivity index (χ2n) is 3.82. The Morgan fingerprint density at radius 2 is 2.12 bits per heavy atom. The Hall–Kier alpha value is -1.55. The Kier molecular flexibility index (Phi) is 3.10. The van der Waals surface area contributed by atoms with E-state index in [0.29, 0.717) is 19.6 Å². The molecule has 16 heavy (non-hydrogen) atoms. The number of carboxylic acid groups (broad SMARTS) is 1. The Morgan fingerprint density at radius 3 is 2.75 bits per heavy atom. The molecule has 0 fully saturated rings. The quantitative estimate of drug-likeness (QED) is 0.843. The first-order valence-electron chi connectivity index (χ1n) is 5.19. The fraction of sp³-hybridized carbons (Fsp3) is 0.417. The van der Waals surface area contributed by atoms with Gasteiger partial charge in [-0.3, -0.25) is 4.79 Å². The van der Waals surface area contributed by atoms with Crippen molar-refractivity contribution in [1.29, 1.82) is 0 Å². The Bertz CT molecular complexity index is 412. The van der Waals surface area contributed by atoms with E-state index >= 15 is 0 Å². The lowest BCUT2D eigenvalue weighted by atomic mass is 10.0. The van der Waals surface area contributed by atoms with Gasteiger partial charge in [-0.2, -0.15) is 0 Å². The SMILES string of the molecule is COc1cc2c(cc1CCC(=O)O)COC2. The summed E-state index contributed by atoms with van der Waals surface area (Å²) in [6.07, 6.45) is 0.613. The van der Waals surface area contributed by atoms with Crippen LogP contribution in [0.1, 0.15) is 23.1 Å². The summed E-state index contributed by atoms with van der Waals surface area (Å²) in [4.78, 5) is 10.5. The standard InChI is InChI=1S/C12H14O4/c1-15-11-5-10-7-16-6-9(10)4-8(11)2-3-12(13)14/h4-5H,2-3,6-7H2,1H3,(H,13,14). The highest BCUT2D eigenvalue weighted by atomic mass is 16.5. The van der Waals surface area contributed by atoms with E-state index in [1.807, 2.05) is 12.1 Å². The van der Waals surface area contributed by atoms with Crippen LogP contribution in [0, 0.1) is 0 Å². The topological polar surface area (TPSA) is 55.8 Å². The number of carboxylic acids is 1. The molecule has 1 aromatic carbocycles. The monoisotopic (exact) mass is 222 g/mol. The third kappa shape index (κ3) is 2.17. The second-order valence-corrected chi connectivity index (χ2v) is 3.82. The average molecular weight is 222 g/mol. The van der Waals surface area contributed by atoms with Crippen molar-refractivity contribution < 1.29 is 19.4 Å². The molecule has 1 aliphatic rings. The molecule has 0 amide bonds. The molecule has 0 saturated heterocycles. The number of fused-ring (bicyclic) bond motifs is 1. The van der Waals surface area contributed by atoms with Crippen molar-refractivity contribution >= 4 is 5.97 Å². The molecular weight excluding hydrogens is 208 g/mol. The normalized spacial score (nSPS) is 13.6. The molecular formula is C12H14O4. The summed E-state index contributed by atoms with van der Waals surface area (Å²) in [5.41, 5.74) is 3.21. The van der Waals surface area contributed by atoms with E-state index in [0.717, 1.165) is 22.4 Å². The van der Waals surface area contributed by atoms with E-state index in [4.69, 9.17) is 14.6 Å². The minimum Gasteiger partial charge on any atom is -0.496 e. The largest absolute Gasteiger partial charge is 0.496 e. The van der Waals surface area contributed by atoms with Crippen molar-refractivity contribution in [2.75, 3.05) is 7.11 Å². The summed E-state index contributed by atoms with van der Waals surface area (Å²) < 4.78 is 10.6. The summed E-state index contributed by atoms with van der Waals surface area (Å²) in [5.74, 6) is -0.0377. The van der Waals surface area contributed by atoms with Crippen molar-refractivity contribution in [1.82, 2.24) is 0 Å². The number of hydrogen-bond donors (Lipinski definition) is 1. The van der Waals surface area contributed by atoms with Gasteiger partial charge >= 0.3 is 5.97 Å². The highest BCUT2D eigenvalue weighted by molar-refractivity contribution is 5.67. The van der Waals surface area contributed by atoms with Gasteiger partial charge in [0.05, 0.1) is 20.3 Å². The third-order valence-corrected chi connectivity index (χ3v) is 2.73. The molecule has 1 aromatic rings. The fourth-order valence-corrected chi connectivity index (χ4v) is 1.88. The van der Waals surface area contributed by atoms with Gasteiger partial charge in [0.15, 0.2) is 0 Å². The van der Waals surface area contributed by atoms with Crippen LogP contribution < -0.4 is 4.74 Å². The number of rotatable bonds is 4. The van der Waals surface area contributed by atoms with E-state index in [2.05, 4.69) is 0 Å². The van der Waals surface area contributed by atoms with Gasteiger partial charge in [0, 0.05) is 6.42 Å².